The van der Waals surface area contributed by atoms with Gasteiger partial charge in [-0.2, -0.15) is 0 Å². The molecule has 1 aliphatic heterocycles. The van der Waals surface area contributed by atoms with E-state index >= 15 is 0 Å². The van der Waals surface area contributed by atoms with Crippen LogP contribution in [0, 0.1) is 6.92 Å². The van der Waals surface area contributed by atoms with Gasteiger partial charge in [0.2, 0.25) is 5.91 Å². The van der Waals surface area contributed by atoms with Crippen LogP contribution >= 0.6 is 11.6 Å². The highest BCUT2D eigenvalue weighted by Gasteiger charge is 2.23. The number of anilines is 2. The summed E-state index contributed by atoms with van der Waals surface area (Å²) in [5.41, 5.74) is 2.58. The summed E-state index contributed by atoms with van der Waals surface area (Å²) in [7, 11) is 1.52. The molecular formula is C19H19ClN2O3. The van der Waals surface area contributed by atoms with E-state index in [1.54, 1.807) is 35.2 Å². The highest BCUT2D eigenvalue weighted by molar-refractivity contribution is 6.34. The average molecular weight is 359 g/mol. The van der Waals surface area contributed by atoms with Crippen molar-refractivity contribution in [2.24, 2.45) is 0 Å². The number of aryl methyl sites for hydroxylation is 1. The summed E-state index contributed by atoms with van der Waals surface area (Å²) < 4.78 is 5.26. The van der Waals surface area contributed by atoms with Crippen LogP contribution in [0.1, 0.15) is 28.8 Å². The van der Waals surface area contributed by atoms with E-state index in [1.807, 2.05) is 13.0 Å². The molecule has 1 N–H and O–H groups in total. The fourth-order valence-electron chi connectivity index (χ4n) is 2.89. The molecule has 2 aromatic rings. The zero-order chi connectivity index (χ0) is 18.0. The van der Waals surface area contributed by atoms with E-state index in [2.05, 4.69) is 5.32 Å². The van der Waals surface area contributed by atoms with Crippen molar-refractivity contribution in [3.8, 4) is 5.75 Å². The molecule has 0 saturated carbocycles. The molecule has 0 aromatic heterocycles. The zero-order valence-corrected chi connectivity index (χ0v) is 14.9. The largest absolute Gasteiger partial charge is 0.496 e. The van der Waals surface area contributed by atoms with Crippen LogP contribution in [0.15, 0.2) is 36.4 Å². The number of benzene rings is 2. The summed E-state index contributed by atoms with van der Waals surface area (Å²) in [6.07, 6.45) is 1.38. The topological polar surface area (TPSA) is 58.6 Å². The normalized spacial score (nSPS) is 13.9. The number of amides is 2. The molecule has 25 heavy (non-hydrogen) atoms. The number of carbonyl (C=O) groups is 2. The molecule has 130 valence electrons. The van der Waals surface area contributed by atoms with Gasteiger partial charge in [0.1, 0.15) is 5.75 Å². The maximum Gasteiger partial charge on any atom is 0.259 e. The molecule has 2 aromatic carbocycles. The predicted molar refractivity (Wildman–Crippen MR) is 98.7 cm³/mol. The molecule has 0 aliphatic carbocycles. The summed E-state index contributed by atoms with van der Waals surface area (Å²) in [5, 5.41) is 3.23. The van der Waals surface area contributed by atoms with Crippen molar-refractivity contribution in [3.05, 3.63) is 52.5 Å². The van der Waals surface area contributed by atoms with Crippen LogP contribution in [0.2, 0.25) is 5.02 Å². The molecule has 1 saturated heterocycles. The molecule has 6 heteroatoms. The smallest absolute Gasteiger partial charge is 0.259 e. The lowest BCUT2D eigenvalue weighted by Gasteiger charge is -2.18. The van der Waals surface area contributed by atoms with E-state index < -0.39 is 0 Å². The highest BCUT2D eigenvalue weighted by Crippen LogP contribution is 2.31. The van der Waals surface area contributed by atoms with Crippen molar-refractivity contribution in [1.29, 1.82) is 0 Å². The Bertz CT molecular complexity index is 835. The van der Waals surface area contributed by atoms with Gasteiger partial charge < -0.3 is 15.0 Å². The SMILES string of the molecule is COc1ccc(C)cc1C(=O)Nc1cc(N2CCCC2=O)ccc1Cl. The average Bonchev–Trinajstić information content (AvgIpc) is 3.02. The van der Waals surface area contributed by atoms with Crippen molar-refractivity contribution in [2.45, 2.75) is 19.8 Å². The van der Waals surface area contributed by atoms with E-state index in [0.717, 1.165) is 17.7 Å². The van der Waals surface area contributed by atoms with Crippen LogP contribution in [0.5, 0.6) is 5.75 Å². The summed E-state index contributed by atoms with van der Waals surface area (Å²) in [5.74, 6) is 0.261. The molecule has 1 fully saturated rings. The maximum atomic E-state index is 12.7. The minimum atomic E-state index is -0.313. The number of carbonyl (C=O) groups excluding carboxylic acids is 2. The molecule has 3 rings (SSSR count). The second kappa shape index (κ2) is 7.15. The molecule has 2 amide bonds. The van der Waals surface area contributed by atoms with Crippen LogP contribution in [-0.2, 0) is 4.79 Å². The minimum Gasteiger partial charge on any atom is -0.496 e. The Morgan fingerprint density at radius 2 is 2.04 bits per heavy atom. The van der Waals surface area contributed by atoms with Crippen LogP contribution < -0.4 is 15.0 Å². The number of halogens is 1. The van der Waals surface area contributed by atoms with Crippen molar-refractivity contribution in [2.75, 3.05) is 23.9 Å². The Morgan fingerprint density at radius 3 is 2.72 bits per heavy atom. The van der Waals surface area contributed by atoms with Gasteiger partial charge in [-0.1, -0.05) is 23.2 Å². The van der Waals surface area contributed by atoms with E-state index in [1.165, 1.54) is 7.11 Å². The third-order valence-corrected chi connectivity index (χ3v) is 4.51. The number of hydrogen-bond donors (Lipinski definition) is 1. The van der Waals surface area contributed by atoms with Crippen LogP contribution in [0.4, 0.5) is 11.4 Å². The van der Waals surface area contributed by atoms with Gasteiger partial charge in [0, 0.05) is 18.7 Å². The predicted octanol–water partition coefficient (Wildman–Crippen LogP) is 4.04. The van der Waals surface area contributed by atoms with Gasteiger partial charge >= 0.3 is 0 Å². The first-order valence-electron chi connectivity index (χ1n) is 8.05. The molecule has 0 spiro atoms. The van der Waals surface area contributed by atoms with Gasteiger partial charge in [-0.15, -0.1) is 0 Å². The van der Waals surface area contributed by atoms with E-state index in [4.69, 9.17) is 16.3 Å². The molecule has 0 atom stereocenters. The Labute approximate surface area is 151 Å². The maximum absolute atomic E-state index is 12.7. The van der Waals surface area contributed by atoms with Crippen molar-refractivity contribution < 1.29 is 14.3 Å². The lowest BCUT2D eigenvalue weighted by molar-refractivity contribution is -0.117. The Balaban J connectivity index is 1.88. The second-order valence-electron chi connectivity index (χ2n) is 5.97. The number of ether oxygens (including phenoxy) is 1. The summed E-state index contributed by atoms with van der Waals surface area (Å²) in [6.45, 7) is 2.59. The van der Waals surface area contributed by atoms with Gasteiger partial charge in [0.25, 0.3) is 5.91 Å². The van der Waals surface area contributed by atoms with E-state index in [-0.39, 0.29) is 11.8 Å². The quantitative estimate of drug-likeness (QED) is 0.897. The first-order valence-corrected chi connectivity index (χ1v) is 8.43. The third kappa shape index (κ3) is 3.61. The minimum absolute atomic E-state index is 0.0833. The number of methoxy groups -OCH3 is 1. The number of hydrogen-bond acceptors (Lipinski definition) is 3. The fraction of sp³-hybridized carbons (Fsp3) is 0.263. The molecule has 1 aliphatic rings. The van der Waals surface area contributed by atoms with Gasteiger partial charge in [-0.25, -0.2) is 0 Å². The summed E-state index contributed by atoms with van der Waals surface area (Å²) in [6, 6.07) is 10.6. The highest BCUT2D eigenvalue weighted by atomic mass is 35.5. The summed E-state index contributed by atoms with van der Waals surface area (Å²) >= 11 is 6.23. The Hall–Kier alpha value is -2.53. The number of nitrogens with one attached hydrogen (secondary N) is 1. The molecule has 0 bridgehead atoms. The zero-order valence-electron chi connectivity index (χ0n) is 14.1. The standard InChI is InChI=1S/C19H19ClN2O3/c1-12-5-8-17(25-2)14(10-12)19(24)21-16-11-13(6-7-15(16)20)22-9-3-4-18(22)23/h5-8,10-11H,3-4,9H2,1-2H3,(H,21,24). The number of rotatable bonds is 4. The number of nitrogens with zero attached hydrogens (tertiary/aromatic N) is 1. The molecule has 1 heterocycles. The van der Waals surface area contributed by atoms with E-state index in [9.17, 15) is 9.59 Å². The van der Waals surface area contributed by atoms with Gasteiger partial charge in [0.05, 0.1) is 23.4 Å². The van der Waals surface area contributed by atoms with Crippen molar-refractivity contribution >= 4 is 34.8 Å². The van der Waals surface area contributed by atoms with Gasteiger partial charge in [0.15, 0.2) is 0 Å². The first-order chi connectivity index (χ1) is 12.0. The van der Waals surface area contributed by atoms with Crippen molar-refractivity contribution in [1.82, 2.24) is 0 Å². The first kappa shape index (κ1) is 17.3. The fourth-order valence-corrected chi connectivity index (χ4v) is 3.05. The van der Waals surface area contributed by atoms with Crippen molar-refractivity contribution in [3.63, 3.8) is 0 Å². The van der Waals surface area contributed by atoms with Gasteiger partial charge in [-0.3, -0.25) is 9.59 Å². The molecular weight excluding hydrogens is 340 g/mol. The van der Waals surface area contributed by atoms with Crippen LogP contribution in [-0.4, -0.2) is 25.5 Å². The van der Waals surface area contributed by atoms with Crippen LogP contribution in [0.25, 0.3) is 0 Å². The lowest BCUT2D eigenvalue weighted by atomic mass is 10.1. The molecule has 5 nitrogen and oxygen atoms in total. The summed E-state index contributed by atoms with van der Waals surface area (Å²) in [4.78, 5) is 26.3. The molecule has 0 radical (unpaired) electrons. The Morgan fingerprint density at radius 1 is 1.24 bits per heavy atom. The monoisotopic (exact) mass is 358 g/mol. The van der Waals surface area contributed by atoms with E-state index in [0.29, 0.717) is 35.0 Å². The molecule has 0 unspecified atom stereocenters. The van der Waals surface area contributed by atoms with Gasteiger partial charge in [-0.05, 0) is 43.7 Å². The lowest BCUT2D eigenvalue weighted by Crippen LogP contribution is -2.24. The van der Waals surface area contributed by atoms with Crippen LogP contribution in [0.3, 0.4) is 0 Å². The Kier molecular flexibility index (Phi) is 4.95. The third-order valence-electron chi connectivity index (χ3n) is 4.18. The second-order valence-corrected chi connectivity index (χ2v) is 6.38.